The molecule has 0 saturated carbocycles. The lowest BCUT2D eigenvalue weighted by atomic mass is 10.1. The van der Waals surface area contributed by atoms with E-state index < -0.39 is 0 Å². The molecular weight excluding hydrogens is 262 g/mol. The van der Waals surface area contributed by atoms with Crippen LogP contribution < -0.4 is 4.74 Å². The van der Waals surface area contributed by atoms with Crippen molar-refractivity contribution in [1.82, 2.24) is 4.98 Å². The van der Waals surface area contributed by atoms with Crippen molar-refractivity contribution in [3.05, 3.63) is 58.9 Å². The van der Waals surface area contributed by atoms with E-state index in [2.05, 4.69) is 48.9 Å². The molecule has 2 aromatic rings. The molecule has 1 aromatic heterocycles. The molecule has 0 saturated heterocycles. The van der Waals surface area contributed by atoms with Gasteiger partial charge in [-0.15, -0.1) is 0 Å². The minimum atomic E-state index is 0.0728. The van der Waals surface area contributed by atoms with Gasteiger partial charge in [-0.05, 0) is 36.6 Å². The zero-order valence-corrected chi connectivity index (χ0v) is 12.4. The van der Waals surface area contributed by atoms with E-state index in [1.165, 1.54) is 11.1 Å². The van der Waals surface area contributed by atoms with Gasteiger partial charge in [0.1, 0.15) is 12.4 Å². The molecule has 108 valence electrons. The number of hydrogen-bond donors (Lipinski definition) is 1. The Morgan fingerprint density at radius 3 is 2.76 bits per heavy atom. The third-order valence-corrected chi connectivity index (χ3v) is 3.16. The van der Waals surface area contributed by atoms with Crippen molar-refractivity contribution in [1.29, 1.82) is 0 Å². The van der Waals surface area contributed by atoms with Crippen molar-refractivity contribution >= 4 is 0 Å². The van der Waals surface area contributed by atoms with E-state index in [9.17, 15) is 0 Å². The molecule has 1 heterocycles. The van der Waals surface area contributed by atoms with Crippen LogP contribution in [0.15, 0.2) is 36.7 Å². The summed E-state index contributed by atoms with van der Waals surface area (Å²) >= 11 is 0. The molecule has 0 unspecified atom stereocenters. The van der Waals surface area contributed by atoms with E-state index in [0.717, 1.165) is 11.1 Å². The third kappa shape index (κ3) is 4.62. The first-order valence-corrected chi connectivity index (χ1v) is 6.93. The summed E-state index contributed by atoms with van der Waals surface area (Å²) in [5.74, 6) is 6.52. The number of nitrogens with zero attached hydrogens (tertiary/aromatic N) is 1. The Labute approximate surface area is 125 Å². The summed E-state index contributed by atoms with van der Waals surface area (Å²) in [6.07, 6.45) is 3.83. The normalized spacial score (nSPS) is 9.86. The maximum absolute atomic E-state index is 8.71. The van der Waals surface area contributed by atoms with Gasteiger partial charge in [0, 0.05) is 18.2 Å². The molecule has 1 aromatic carbocycles. The van der Waals surface area contributed by atoms with Crippen LogP contribution in [0.25, 0.3) is 0 Å². The Morgan fingerprint density at radius 1 is 1.14 bits per heavy atom. The first-order chi connectivity index (χ1) is 10.2. The highest BCUT2D eigenvalue weighted by Crippen LogP contribution is 2.15. The Balaban J connectivity index is 2.01. The van der Waals surface area contributed by atoms with E-state index in [1.807, 2.05) is 6.07 Å². The minimum absolute atomic E-state index is 0.0728. The predicted octanol–water partition coefficient (Wildman–Crippen LogP) is 3.01. The van der Waals surface area contributed by atoms with Crippen molar-refractivity contribution in [2.45, 2.75) is 26.9 Å². The first-order valence-electron chi connectivity index (χ1n) is 6.93. The van der Waals surface area contributed by atoms with Crippen molar-refractivity contribution in [3.8, 4) is 17.6 Å². The Hall–Kier alpha value is -2.31. The summed E-state index contributed by atoms with van der Waals surface area (Å²) in [5, 5.41) is 8.71. The standard InChI is InChI=1S/C18H19NO2/c1-14-6-7-17(9-15(14)2)13-21-18-10-16(11-19-12-18)5-3-4-8-20/h6-7,9-12,20H,4,8,13H2,1-2H3. The lowest BCUT2D eigenvalue weighted by molar-refractivity contribution is 0.305. The van der Waals surface area contributed by atoms with Crippen LogP contribution in [0.2, 0.25) is 0 Å². The second-order valence-corrected chi connectivity index (χ2v) is 4.89. The predicted molar refractivity (Wildman–Crippen MR) is 83.1 cm³/mol. The van der Waals surface area contributed by atoms with Gasteiger partial charge >= 0.3 is 0 Å². The number of aryl methyl sites for hydroxylation is 2. The number of pyridine rings is 1. The molecule has 0 fully saturated rings. The fourth-order valence-electron chi connectivity index (χ4n) is 1.85. The molecule has 0 atom stereocenters. The summed E-state index contributed by atoms with van der Waals surface area (Å²) in [5.41, 5.74) is 4.47. The summed E-state index contributed by atoms with van der Waals surface area (Å²) in [6.45, 7) is 4.77. The Kier molecular flexibility index (Phi) is 5.36. The summed E-state index contributed by atoms with van der Waals surface area (Å²) in [6, 6.07) is 8.16. The SMILES string of the molecule is Cc1ccc(COc2cncc(C#CCCO)c2)cc1C. The number of hydrogen-bond acceptors (Lipinski definition) is 3. The van der Waals surface area contributed by atoms with E-state index >= 15 is 0 Å². The summed E-state index contributed by atoms with van der Waals surface area (Å²) < 4.78 is 5.75. The fraction of sp³-hybridized carbons (Fsp3) is 0.278. The minimum Gasteiger partial charge on any atom is -0.487 e. The second kappa shape index (κ2) is 7.47. The van der Waals surface area contributed by atoms with Crippen molar-refractivity contribution in [3.63, 3.8) is 0 Å². The van der Waals surface area contributed by atoms with Crippen LogP contribution in [0.5, 0.6) is 5.75 Å². The van der Waals surface area contributed by atoms with Gasteiger partial charge in [-0.1, -0.05) is 30.0 Å². The van der Waals surface area contributed by atoms with Crippen LogP contribution in [-0.4, -0.2) is 16.7 Å². The molecule has 0 radical (unpaired) electrons. The monoisotopic (exact) mass is 281 g/mol. The topological polar surface area (TPSA) is 42.4 Å². The van der Waals surface area contributed by atoms with E-state index in [4.69, 9.17) is 9.84 Å². The van der Waals surface area contributed by atoms with Gasteiger partial charge < -0.3 is 9.84 Å². The van der Waals surface area contributed by atoms with Crippen LogP contribution in [0.1, 0.15) is 28.7 Å². The van der Waals surface area contributed by atoms with E-state index in [0.29, 0.717) is 18.8 Å². The van der Waals surface area contributed by atoms with Crippen LogP contribution in [0, 0.1) is 25.7 Å². The third-order valence-electron chi connectivity index (χ3n) is 3.16. The largest absolute Gasteiger partial charge is 0.487 e. The molecule has 0 bridgehead atoms. The highest BCUT2D eigenvalue weighted by atomic mass is 16.5. The first kappa shape index (κ1) is 15.1. The van der Waals surface area contributed by atoms with Gasteiger partial charge in [0.15, 0.2) is 0 Å². The number of rotatable bonds is 4. The van der Waals surface area contributed by atoms with Gasteiger partial charge in [0.25, 0.3) is 0 Å². The molecule has 0 aliphatic carbocycles. The molecule has 1 N–H and O–H groups in total. The average Bonchev–Trinajstić information content (AvgIpc) is 2.49. The lowest BCUT2D eigenvalue weighted by Crippen LogP contribution is -1.97. The molecule has 3 heteroatoms. The number of aliphatic hydroxyl groups excluding tert-OH is 1. The molecule has 2 rings (SSSR count). The smallest absolute Gasteiger partial charge is 0.139 e. The summed E-state index contributed by atoms with van der Waals surface area (Å²) in [4.78, 5) is 4.12. The van der Waals surface area contributed by atoms with Crippen LogP contribution >= 0.6 is 0 Å². The van der Waals surface area contributed by atoms with Crippen LogP contribution in [0.4, 0.5) is 0 Å². The van der Waals surface area contributed by atoms with E-state index in [-0.39, 0.29) is 6.61 Å². The van der Waals surface area contributed by atoms with Crippen molar-refractivity contribution in [2.24, 2.45) is 0 Å². The highest BCUT2D eigenvalue weighted by Gasteiger charge is 2.00. The zero-order valence-electron chi connectivity index (χ0n) is 12.4. The maximum Gasteiger partial charge on any atom is 0.139 e. The molecule has 0 aliphatic rings. The number of ether oxygens (including phenoxy) is 1. The van der Waals surface area contributed by atoms with Gasteiger partial charge in [-0.25, -0.2) is 0 Å². The Bertz CT molecular complexity index is 668. The van der Waals surface area contributed by atoms with Crippen LogP contribution in [-0.2, 0) is 6.61 Å². The highest BCUT2D eigenvalue weighted by molar-refractivity contribution is 5.37. The molecular formula is C18H19NO2. The van der Waals surface area contributed by atoms with Gasteiger partial charge in [-0.2, -0.15) is 0 Å². The van der Waals surface area contributed by atoms with Gasteiger partial charge in [0.2, 0.25) is 0 Å². The van der Waals surface area contributed by atoms with Gasteiger partial charge in [0.05, 0.1) is 12.8 Å². The molecule has 3 nitrogen and oxygen atoms in total. The maximum atomic E-state index is 8.71. The van der Waals surface area contributed by atoms with Crippen molar-refractivity contribution < 1.29 is 9.84 Å². The number of aliphatic hydroxyl groups is 1. The van der Waals surface area contributed by atoms with Gasteiger partial charge in [-0.3, -0.25) is 4.98 Å². The quantitative estimate of drug-likeness (QED) is 0.876. The number of benzene rings is 1. The zero-order chi connectivity index (χ0) is 15.1. The average molecular weight is 281 g/mol. The molecule has 0 spiro atoms. The van der Waals surface area contributed by atoms with Crippen molar-refractivity contribution in [2.75, 3.05) is 6.61 Å². The fourth-order valence-corrected chi connectivity index (χ4v) is 1.85. The molecule has 0 aliphatic heterocycles. The Morgan fingerprint density at radius 2 is 2.00 bits per heavy atom. The second-order valence-electron chi connectivity index (χ2n) is 4.89. The molecule has 21 heavy (non-hydrogen) atoms. The number of aromatic nitrogens is 1. The molecule has 0 amide bonds. The van der Waals surface area contributed by atoms with E-state index in [1.54, 1.807) is 12.4 Å². The lowest BCUT2D eigenvalue weighted by Gasteiger charge is -2.08. The van der Waals surface area contributed by atoms with Crippen LogP contribution in [0.3, 0.4) is 0 Å². The summed E-state index contributed by atoms with van der Waals surface area (Å²) in [7, 11) is 0.